The summed E-state index contributed by atoms with van der Waals surface area (Å²) >= 11 is 0. The van der Waals surface area contributed by atoms with Crippen LogP contribution in [0.4, 0.5) is 0 Å². The zero-order chi connectivity index (χ0) is 36.7. The number of rotatable bonds is 4. The Morgan fingerprint density at radius 3 is 1.54 bits per heavy atom. The number of benzene rings is 10. The molecule has 10 aromatic carbocycles. The maximum atomic E-state index is 6.71. The number of hydrogen-bond donors (Lipinski definition) is 0. The molecule has 0 amide bonds. The van der Waals surface area contributed by atoms with Crippen molar-refractivity contribution >= 4 is 76.7 Å². The van der Waals surface area contributed by atoms with E-state index in [0.29, 0.717) is 0 Å². The van der Waals surface area contributed by atoms with E-state index in [0.717, 1.165) is 21.9 Å². The van der Waals surface area contributed by atoms with Gasteiger partial charge in [-0.1, -0.05) is 182 Å². The van der Waals surface area contributed by atoms with Crippen molar-refractivity contribution in [2.24, 2.45) is 0 Å². The first-order valence-corrected chi connectivity index (χ1v) is 19.5. The van der Waals surface area contributed by atoms with Gasteiger partial charge in [0.25, 0.3) is 0 Å². The highest BCUT2D eigenvalue weighted by atomic mass is 16.3. The zero-order valence-electron chi connectivity index (χ0n) is 30.5. The van der Waals surface area contributed by atoms with Gasteiger partial charge in [-0.3, -0.25) is 0 Å². The molecule has 260 valence electrons. The first-order chi connectivity index (χ1) is 27.8. The molecule has 1 atom stereocenters. The molecule has 11 aromatic rings. The third-order valence-corrected chi connectivity index (χ3v) is 12.1. The largest absolute Gasteiger partial charge is 0.455 e. The summed E-state index contributed by atoms with van der Waals surface area (Å²) in [7, 11) is 0. The molecule has 12 rings (SSSR count). The van der Waals surface area contributed by atoms with Crippen LogP contribution in [0, 0.1) is 0 Å². The summed E-state index contributed by atoms with van der Waals surface area (Å²) in [6.45, 7) is 0. The van der Waals surface area contributed by atoms with E-state index in [2.05, 4.69) is 200 Å². The third kappa shape index (κ3) is 4.55. The SMILES string of the molecule is C1=C(c2ccc(-c3c4ccccc4c(-c4ccc5oc6c7ccccc7c7ccccc7c6c5c4)c4ccccc34)cc2)C(c2ccccc2)c2ccccc21. The average molecular weight is 711 g/mol. The Morgan fingerprint density at radius 2 is 0.857 bits per heavy atom. The summed E-state index contributed by atoms with van der Waals surface area (Å²) < 4.78 is 6.71. The minimum absolute atomic E-state index is 0.209. The van der Waals surface area contributed by atoms with Crippen LogP contribution in [-0.4, -0.2) is 0 Å². The van der Waals surface area contributed by atoms with Gasteiger partial charge >= 0.3 is 0 Å². The van der Waals surface area contributed by atoms with Gasteiger partial charge in [-0.2, -0.15) is 0 Å². The summed E-state index contributed by atoms with van der Waals surface area (Å²) in [6, 6.07) is 71.0. The molecule has 1 nitrogen and oxygen atoms in total. The summed E-state index contributed by atoms with van der Waals surface area (Å²) in [5, 5.41) is 12.1. The fourth-order valence-electron chi connectivity index (χ4n) is 9.72. The molecule has 0 saturated carbocycles. The maximum absolute atomic E-state index is 6.71. The molecule has 56 heavy (non-hydrogen) atoms. The molecule has 1 aliphatic carbocycles. The lowest BCUT2D eigenvalue weighted by atomic mass is 9.83. The number of allylic oxidation sites excluding steroid dienone is 1. The van der Waals surface area contributed by atoms with Crippen molar-refractivity contribution in [1.82, 2.24) is 0 Å². The Balaban J connectivity index is 1.05. The van der Waals surface area contributed by atoms with Crippen LogP contribution in [0.1, 0.15) is 28.2 Å². The molecule has 0 bridgehead atoms. The van der Waals surface area contributed by atoms with Crippen LogP contribution in [0.3, 0.4) is 0 Å². The van der Waals surface area contributed by atoms with Crippen molar-refractivity contribution in [3.8, 4) is 22.3 Å². The summed E-state index contributed by atoms with van der Waals surface area (Å²) in [6.07, 6.45) is 2.38. The van der Waals surface area contributed by atoms with Crippen molar-refractivity contribution in [2.75, 3.05) is 0 Å². The lowest BCUT2D eigenvalue weighted by molar-refractivity contribution is 0.673. The van der Waals surface area contributed by atoms with Crippen molar-refractivity contribution < 1.29 is 4.42 Å². The Bertz CT molecular complexity index is 3340. The van der Waals surface area contributed by atoms with E-state index in [-0.39, 0.29) is 5.92 Å². The van der Waals surface area contributed by atoms with E-state index in [1.165, 1.54) is 93.2 Å². The molecule has 1 heteroatoms. The molecule has 0 N–H and O–H groups in total. The van der Waals surface area contributed by atoms with Crippen LogP contribution < -0.4 is 0 Å². The molecule has 1 aromatic heterocycles. The highest BCUT2D eigenvalue weighted by Gasteiger charge is 2.28. The normalized spacial score (nSPS) is 14.0. The highest BCUT2D eigenvalue weighted by Crippen LogP contribution is 2.49. The van der Waals surface area contributed by atoms with E-state index in [4.69, 9.17) is 4.42 Å². The molecule has 0 spiro atoms. The Kier molecular flexibility index (Phi) is 6.76. The minimum Gasteiger partial charge on any atom is -0.455 e. The fraction of sp³-hybridized carbons (Fsp3) is 0.0182. The van der Waals surface area contributed by atoms with Gasteiger partial charge in [0.2, 0.25) is 0 Å². The van der Waals surface area contributed by atoms with Crippen molar-refractivity contribution in [1.29, 1.82) is 0 Å². The van der Waals surface area contributed by atoms with E-state index < -0.39 is 0 Å². The van der Waals surface area contributed by atoms with Crippen LogP contribution in [0.5, 0.6) is 0 Å². The van der Waals surface area contributed by atoms with Crippen molar-refractivity contribution in [2.45, 2.75) is 5.92 Å². The standard InChI is InChI=1S/C55H34O/c1-2-14-35(15-3-1)51-39-17-5-4-16-37(39)32-48(51)34-26-28-36(29-27-34)52-43-21-9-11-23-45(43)53(46-24-12-10-22-44(46)52)38-30-31-50-49(33-38)54-42-20-8-6-18-40(42)41-19-7-13-25-47(41)55(54)56-50/h1-33,51H. The molecular weight excluding hydrogens is 677 g/mol. The van der Waals surface area contributed by atoms with Gasteiger partial charge in [0, 0.05) is 22.1 Å². The second-order valence-electron chi connectivity index (χ2n) is 15.1. The fourth-order valence-corrected chi connectivity index (χ4v) is 9.72. The molecular formula is C55H34O. The van der Waals surface area contributed by atoms with Crippen molar-refractivity contribution in [3.63, 3.8) is 0 Å². The van der Waals surface area contributed by atoms with Crippen LogP contribution in [-0.2, 0) is 0 Å². The average Bonchev–Trinajstić information content (AvgIpc) is 3.85. The second-order valence-corrected chi connectivity index (χ2v) is 15.1. The maximum Gasteiger partial charge on any atom is 0.143 e. The lowest BCUT2D eigenvalue weighted by Crippen LogP contribution is -2.01. The molecule has 0 fully saturated rings. The lowest BCUT2D eigenvalue weighted by Gasteiger charge is -2.19. The van der Waals surface area contributed by atoms with Gasteiger partial charge in [0.1, 0.15) is 11.2 Å². The molecule has 1 unspecified atom stereocenters. The van der Waals surface area contributed by atoms with Crippen LogP contribution >= 0.6 is 0 Å². The van der Waals surface area contributed by atoms with E-state index in [9.17, 15) is 0 Å². The highest BCUT2D eigenvalue weighted by molar-refractivity contribution is 6.31. The Labute approximate surface area is 324 Å². The van der Waals surface area contributed by atoms with Gasteiger partial charge in [0.05, 0.1) is 0 Å². The molecule has 1 heterocycles. The zero-order valence-corrected chi connectivity index (χ0v) is 30.5. The topological polar surface area (TPSA) is 13.1 Å². The molecule has 0 radical (unpaired) electrons. The second kappa shape index (κ2) is 12.1. The number of fused-ring (bicyclic) bond motifs is 11. The van der Waals surface area contributed by atoms with Gasteiger partial charge in [-0.15, -0.1) is 0 Å². The van der Waals surface area contributed by atoms with Gasteiger partial charge in [0.15, 0.2) is 0 Å². The van der Waals surface area contributed by atoms with Crippen LogP contribution in [0.2, 0.25) is 0 Å². The van der Waals surface area contributed by atoms with Crippen molar-refractivity contribution in [3.05, 3.63) is 216 Å². The number of hydrogen-bond acceptors (Lipinski definition) is 1. The molecule has 1 aliphatic rings. The van der Waals surface area contributed by atoms with E-state index >= 15 is 0 Å². The first kappa shape index (κ1) is 31.2. The van der Waals surface area contributed by atoms with Crippen LogP contribution in [0.15, 0.2) is 199 Å². The molecule has 0 saturated heterocycles. The van der Waals surface area contributed by atoms with E-state index in [1.54, 1.807) is 0 Å². The summed E-state index contributed by atoms with van der Waals surface area (Å²) in [5.41, 5.74) is 13.4. The Hall–Kier alpha value is -7.22. The smallest absolute Gasteiger partial charge is 0.143 e. The third-order valence-electron chi connectivity index (χ3n) is 12.1. The van der Waals surface area contributed by atoms with E-state index in [1.807, 2.05) is 0 Å². The summed E-state index contributed by atoms with van der Waals surface area (Å²) in [4.78, 5) is 0. The first-order valence-electron chi connectivity index (χ1n) is 19.5. The predicted molar refractivity (Wildman–Crippen MR) is 237 cm³/mol. The monoisotopic (exact) mass is 710 g/mol. The molecule has 0 aliphatic heterocycles. The van der Waals surface area contributed by atoms with Gasteiger partial charge in [-0.25, -0.2) is 0 Å². The minimum atomic E-state index is 0.209. The van der Waals surface area contributed by atoms with Crippen LogP contribution in [0.25, 0.3) is 98.9 Å². The Morgan fingerprint density at radius 1 is 0.357 bits per heavy atom. The summed E-state index contributed by atoms with van der Waals surface area (Å²) in [5.74, 6) is 0.209. The number of furan rings is 1. The predicted octanol–water partition coefficient (Wildman–Crippen LogP) is 15.2. The quantitative estimate of drug-likeness (QED) is 0.131. The van der Waals surface area contributed by atoms with Gasteiger partial charge < -0.3 is 4.42 Å². The van der Waals surface area contributed by atoms with Gasteiger partial charge in [-0.05, 0) is 106 Å².